The lowest BCUT2D eigenvalue weighted by atomic mass is 10.2. The molecular weight excluding hydrogens is 428 g/mol. The van der Waals surface area contributed by atoms with E-state index in [1.807, 2.05) is 6.07 Å². The first-order valence-electron chi connectivity index (χ1n) is 9.12. The predicted molar refractivity (Wildman–Crippen MR) is 116 cm³/mol. The molecule has 0 unspecified atom stereocenters. The normalized spacial score (nSPS) is 14.7. The van der Waals surface area contributed by atoms with Crippen LogP contribution in [0, 0.1) is 0 Å². The van der Waals surface area contributed by atoms with E-state index in [1.54, 1.807) is 32.4 Å². The Labute approximate surface area is 180 Å². The summed E-state index contributed by atoms with van der Waals surface area (Å²) in [5.41, 5.74) is 1.61. The monoisotopic (exact) mass is 452 g/mol. The number of hydrogen-bond donors (Lipinski definition) is 1. The fraction of sp³-hybridized carbons (Fsp3) is 0.368. The Balaban J connectivity index is 1.66. The second-order valence-electron chi connectivity index (χ2n) is 6.70. The van der Waals surface area contributed by atoms with E-state index >= 15 is 0 Å². The summed E-state index contributed by atoms with van der Waals surface area (Å²) in [5.74, 6) is 0.858. The molecule has 1 aromatic heterocycles. The number of methoxy groups -OCH3 is 2. The van der Waals surface area contributed by atoms with Crippen LogP contribution in [-0.2, 0) is 28.0 Å². The molecule has 9 nitrogen and oxygen atoms in total. The van der Waals surface area contributed by atoms with Gasteiger partial charge in [-0.3, -0.25) is 10.1 Å². The molecular formula is C19H24N4O5S2. The van der Waals surface area contributed by atoms with E-state index in [0.717, 1.165) is 16.1 Å². The van der Waals surface area contributed by atoms with Crippen LogP contribution >= 0.6 is 11.3 Å². The van der Waals surface area contributed by atoms with E-state index in [9.17, 15) is 13.2 Å². The molecule has 0 saturated carbocycles. The van der Waals surface area contributed by atoms with Gasteiger partial charge in [-0.2, -0.15) is 17.0 Å². The topological polar surface area (TPSA) is 101 Å². The number of thiazole rings is 1. The largest absolute Gasteiger partial charge is 0.493 e. The number of fused-ring (bicyclic) bond motifs is 1. The molecule has 0 saturated heterocycles. The van der Waals surface area contributed by atoms with Gasteiger partial charge in [0, 0.05) is 38.0 Å². The Morgan fingerprint density at radius 2 is 2.00 bits per heavy atom. The van der Waals surface area contributed by atoms with Crippen molar-refractivity contribution in [3.63, 3.8) is 0 Å². The average Bonchev–Trinajstić information content (AvgIpc) is 3.13. The number of carbonyl (C=O) groups is 1. The highest BCUT2D eigenvalue weighted by atomic mass is 32.2. The van der Waals surface area contributed by atoms with Gasteiger partial charge in [-0.1, -0.05) is 6.07 Å². The summed E-state index contributed by atoms with van der Waals surface area (Å²) in [7, 11) is 2.64. The highest BCUT2D eigenvalue weighted by Crippen LogP contribution is 2.30. The Morgan fingerprint density at radius 3 is 2.67 bits per heavy atom. The molecule has 1 aliphatic heterocycles. The maximum atomic E-state index is 12.3. The van der Waals surface area contributed by atoms with Gasteiger partial charge in [0.05, 0.1) is 26.5 Å². The number of benzene rings is 1. The van der Waals surface area contributed by atoms with Crippen LogP contribution in [0.5, 0.6) is 11.5 Å². The number of carbonyl (C=O) groups excluding carboxylic acids is 1. The zero-order chi connectivity index (χ0) is 21.9. The molecule has 1 aromatic carbocycles. The highest BCUT2D eigenvalue weighted by Gasteiger charge is 2.30. The first-order chi connectivity index (χ1) is 14.2. The van der Waals surface area contributed by atoms with Gasteiger partial charge in [-0.15, -0.1) is 11.3 Å². The number of nitrogens with zero attached hydrogens (tertiary/aromatic N) is 3. The van der Waals surface area contributed by atoms with E-state index in [1.165, 1.54) is 40.1 Å². The van der Waals surface area contributed by atoms with Crippen molar-refractivity contribution in [3.05, 3.63) is 40.4 Å². The summed E-state index contributed by atoms with van der Waals surface area (Å²) >= 11 is 1.29. The number of rotatable bonds is 7. The van der Waals surface area contributed by atoms with E-state index < -0.39 is 10.2 Å². The van der Waals surface area contributed by atoms with E-state index in [4.69, 9.17) is 9.47 Å². The van der Waals surface area contributed by atoms with Crippen LogP contribution in [0.25, 0.3) is 6.08 Å². The lowest BCUT2D eigenvalue weighted by Crippen LogP contribution is -2.42. The molecule has 0 atom stereocenters. The summed E-state index contributed by atoms with van der Waals surface area (Å²) in [6.07, 6.45) is 3.58. The summed E-state index contributed by atoms with van der Waals surface area (Å²) in [5, 5.41) is 3.19. The van der Waals surface area contributed by atoms with E-state index in [0.29, 0.717) is 29.6 Å². The van der Waals surface area contributed by atoms with Gasteiger partial charge in [-0.05, 0) is 23.8 Å². The van der Waals surface area contributed by atoms with Crippen LogP contribution in [0.3, 0.4) is 0 Å². The first-order valence-corrected chi connectivity index (χ1v) is 11.3. The van der Waals surface area contributed by atoms with Crippen LogP contribution in [0.1, 0.15) is 16.1 Å². The summed E-state index contributed by atoms with van der Waals surface area (Å²) in [4.78, 5) is 17.6. The molecule has 2 aromatic rings. The molecule has 1 aliphatic rings. The molecule has 3 rings (SSSR count). The lowest BCUT2D eigenvalue weighted by Gasteiger charge is -2.27. The minimum absolute atomic E-state index is 0.255. The van der Waals surface area contributed by atoms with Crippen molar-refractivity contribution >= 4 is 38.7 Å². The average molecular weight is 453 g/mol. The van der Waals surface area contributed by atoms with Gasteiger partial charge in [0.15, 0.2) is 16.6 Å². The SMILES string of the molecule is COc1ccc(/C=C/C(=O)Nc2nc3c(s2)CN(S(=O)(=O)N(C)C)CC3)cc1OC. The zero-order valence-corrected chi connectivity index (χ0v) is 18.8. The van der Waals surface area contributed by atoms with Crippen molar-refractivity contribution in [3.8, 4) is 11.5 Å². The maximum Gasteiger partial charge on any atom is 0.281 e. The third-order valence-corrected chi connectivity index (χ3v) is 7.43. The molecule has 2 heterocycles. The van der Waals surface area contributed by atoms with Crippen molar-refractivity contribution in [2.45, 2.75) is 13.0 Å². The lowest BCUT2D eigenvalue weighted by molar-refractivity contribution is -0.111. The van der Waals surface area contributed by atoms with Crippen molar-refractivity contribution in [1.29, 1.82) is 0 Å². The zero-order valence-electron chi connectivity index (χ0n) is 17.2. The van der Waals surface area contributed by atoms with Crippen molar-refractivity contribution in [1.82, 2.24) is 13.6 Å². The van der Waals surface area contributed by atoms with Gasteiger partial charge in [-0.25, -0.2) is 4.98 Å². The van der Waals surface area contributed by atoms with Crippen molar-refractivity contribution in [2.24, 2.45) is 0 Å². The number of anilines is 1. The van der Waals surface area contributed by atoms with E-state index in [2.05, 4.69) is 10.3 Å². The second kappa shape index (κ2) is 9.13. The van der Waals surface area contributed by atoms with Gasteiger partial charge < -0.3 is 9.47 Å². The highest BCUT2D eigenvalue weighted by molar-refractivity contribution is 7.86. The van der Waals surface area contributed by atoms with Gasteiger partial charge in [0.2, 0.25) is 5.91 Å². The third-order valence-electron chi connectivity index (χ3n) is 4.55. The van der Waals surface area contributed by atoms with Crippen LogP contribution in [0.2, 0.25) is 0 Å². The molecule has 1 N–H and O–H groups in total. The van der Waals surface area contributed by atoms with Crippen LogP contribution in [0.4, 0.5) is 5.13 Å². The van der Waals surface area contributed by atoms with Crippen LogP contribution in [-0.4, -0.2) is 62.8 Å². The minimum Gasteiger partial charge on any atom is -0.493 e. The van der Waals surface area contributed by atoms with Crippen LogP contribution in [0.15, 0.2) is 24.3 Å². The van der Waals surface area contributed by atoms with Gasteiger partial charge >= 0.3 is 0 Å². The fourth-order valence-corrected chi connectivity index (χ4v) is 5.11. The Morgan fingerprint density at radius 1 is 1.27 bits per heavy atom. The standard InChI is InChI=1S/C19H24N4O5S2/c1-22(2)30(25,26)23-10-9-14-17(12-23)29-19(20-14)21-18(24)8-6-13-5-7-15(27-3)16(11-13)28-4/h5-8,11H,9-10,12H2,1-4H3,(H,20,21,24)/b8-6+. The Kier molecular flexibility index (Phi) is 6.76. The Bertz CT molecular complexity index is 1060. The van der Waals surface area contributed by atoms with Gasteiger partial charge in [0.25, 0.3) is 10.2 Å². The smallest absolute Gasteiger partial charge is 0.281 e. The summed E-state index contributed by atoms with van der Waals surface area (Å²) in [6, 6.07) is 5.34. The maximum absolute atomic E-state index is 12.3. The van der Waals surface area contributed by atoms with E-state index in [-0.39, 0.29) is 12.5 Å². The molecule has 162 valence electrons. The second-order valence-corrected chi connectivity index (χ2v) is 9.93. The predicted octanol–water partition coefficient (Wildman–Crippen LogP) is 1.98. The fourth-order valence-electron chi connectivity index (χ4n) is 2.93. The molecule has 30 heavy (non-hydrogen) atoms. The molecule has 1 amide bonds. The summed E-state index contributed by atoms with van der Waals surface area (Å²) in [6.45, 7) is 0.620. The minimum atomic E-state index is -3.48. The quantitative estimate of drug-likeness (QED) is 0.645. The molecule has 11 heteroatoms. The van der Waals surface area contributed by atoms with Crippen LogP contribution < -0.4 is 14.8 Å². The number of aromatic nitrogens is 1. The molecule has 0 spiro atoms. The third kappa shape index (κ3) is 4.81. The number of amides is 1. The summed E-state index contributed by atoms with van der Waals surface area (Å²) < 4.78 is 37.7. The molecule has 0 radical (unpaired) electrons. The Hall–Kier alpha value is -2.47. The molecule has 0 aliphatic carbocycles. The van der Waals surface area contributed by atoms with Crippen molar-refractivity contribution in [2.75, 3.05) is 40.2 Å². The number of nitrogens with one attached hydrogen (secondary N) is 1. The van der Waals surface area contributed by atoms with Gasteiger partial charge in [0.1, 0.15) is 0 Å². The molecule has 0 bridgehead atoms. The number of ether oxygens (including phenoxy) is 2. The van der Waals surface area contributed by atoms with Crippen molar-refractivity contribution < 1.29 is 22.7 Å². The first kappa shape index (κ1) is 22.2. The molecule has 0 fully saturated rings. The number of hydrogen-bond acceptors (Lipinski definition) is 7.